The van der Waals surface area contributed by atoms with Crippen molar-refractivity contribution in [3.8, 4) is 17.5 Å². The van der Waals surface area contributed by atoms with Crippen LogP contribution in [0.15, 0.2) is 60.2 Å². The van der Waals surface area contributed by atoms with Crippen molar-refractivity contribution in [1.82, 2.24) is 4.57 Å². The summed E-state index contributed by atoms with van der Waals surface area (Å²) < 4.78 is 11.9. The number of esters is 1. The van der Waals surface area contributed by atoms with Gasteiger partial charge in [0.2, 0.25) is 0 Å². The number of nitrogens with one attached hydrogen (secondary N) is 1. The van der Waals surface area contributed by atoms with Crippen LogP contribution in [0, 0.1) is 25.2 Å². The normalized spacial score (nSPS) is 10.9. The highest BCUT2D eigenvalue weighted by Crippen LogP contribution is 2.24. The van der Waals surface area contributed by atoms with Gasteiger partial charge in [0.1, 0.15) is 17.4 Å². The Labute approximate surface area is 186 Å². The van der Waals surface area contributed by atoms with E-state index in [1.54, 1.807) is 55.7 Å². The maximum Gasteiger partial charge on any atom is 0.337 e. The zero-order valence-electron chi connectivity index (χ0n) is 18.3. The van der Waals surface area contributed by atoms with Crippen LogP contribution < -0.4 is 10.1 Å². The first-order chi connectivity index (χ1) is 15.4. The molecule has 32 heavy (non-hydrogen) atoms. The van der Waals surface area contributed by atoms with Crippen molar-refractivity contribution in [3.63, 3.8) is 0 Å². The van der Waals surface area contributed by atoms with Crippen molar-refractivity contribution >= 4 is 23.6 Å². The minimum Gasteiger partial charge on any atom is -0.497 e. The number of rotatable bonds is 6. The number of aryl methyl sites for hydroxylation is 1. The largest absolute Gasteiger partial charge is 0.497 e. The fourth-order valence-corrected chi connectivity index (χ4v) is 3.40. The predicted molar refractivity (Wildman–Crippen MR) is 122 cm³/mol. The first-order valence-corrected chi connectivity index (χ1v) is 9.82. The van der Waals surface area contributed by atoms with Crippen LogP contribution in [0.5, 0.6) is 5.75 Å². The van der Waals surface area contributed by atoms with Crippen LogP contribution in [-0.2, 0) is 9.53 Å². The molecular formula is C25H23N3O4. The Hall–Kier alpha value is -4.31. The minimum absolute atomic E-state index is 0.0237. The number of carbonyl (C=O) groups excluding carboxylic acids is 2. The van der Waals surface area contributed by atoms with E-state index >= 15 is 0 Å². The second-order valence-corrected chi connectivity index (χ2v) is 7.06. The zero-order chi connectivity index (χ0) is 23.3. The summed E-state index contributed by atoms with van der Waals surface area (Å²) in [4.78, 5) is 24.5. The van der Waals surface area contributed by atoms with Crippen LogP contribution in [-0.4, -0.2) is 30.7 Å². The molecule has 7 nitrogen and oxygen atoms in total. The first-order valence-electron chi connectivity index (χ1n) is 9.82. The predicted octanol–water partition coefficient (Wildman–Crippen LogP) is 4.44. The summed E-state index contributed by atoms with van der Waals surface area (Å²) in [5.41, 5.74) is 4.20. The second kappa shape index (κ2) is 9.67. The van der Waals surface area contributed by atoms with Crippen molar-refractivity contribution in [3.05, 3.63) is 82.7 Å². The van der Waals surface area contributed by atoms with Crippen LogP contribution in [0.1, 0.15) is 27.3 Å². The molecule has 0 atom stereocenters. The van der Waals surface area contributed by atoms with E-state index in [4.69, 9.17) is 9.47 Å². The lowest BCUT2D eigenvalue weighted by molar-refractivity contribution is -0.112. The maximum atomic E-state index is 12.6. The Kier molecular flexibility index (Phi) is 6.76. The summed E-state index contributed by atoms with van der Waals surface area (Å²) >= 11 is 0. The molecule has 0 aliphatic carbocycles. The van der Waals surface area contributed by atoms with Crippen LogP contribution >= 0.6 is 0 Å². The van der Waals surface area contributed by atoms with Crippen LogP contribution in [0.3, 0.4) is 0 Å². The molecule has 1 heterocycles. The smallest absolute Gasteiger partial charge is 0.337 e. The van der Waals surface area contributed by atoms with E-state index in [2.05, 4.69) is 5.32 Å². The van der Waals surface area contributed by atoms with Crippen molar-refractivity contribution in [2.24, 2.45) is 0 Å². The lowest BCUT2D eigenvalue weighted by Crippen LogP contribution is -2.13. The molecule has 3 aromatic rings. The average Bonchev–Trinajstić information content (AvgIpc) is 3.09. The molecule has 0 saturated carbocycles. The number of hydrogen-bond donors (Lipinski definition) is 1. The molecule has 0 bridgehead atoms. The number of methoxy groups -OCH3 is 2. The van der Waals surface area contributed by atoms with Gasteiger partial charge in [0.25, 0.3) is 5.91 Å². The number of anilines is 1. The van der Waals surface area contributed by atoms with E-state index < -0.39 is 11.9 Å². The zero-order valence-corrected chi connectivity index (χ0v) is 18.3. The van der Waals surface area contributed by atoms with E-state index in [0.717, 1.165) is 22.6 Å². The van der Waals surface area contributed by atoms with Gasteiger partial charge in [-0.05, 0) is 74.0 Å². The van der Waals surface area contributed by atoms with Gasteiger partial charge in [-0.2, -0.15) is 5.26 Å². The van der Waals surface area contributed by atoms with Gasteiger partial charge in [-0.1, -0.05) is 6.07 Å². The lowest BCUT2D eigenvalue weighted by Gasteiger charge is -2.11. The third kappa shape index (κ3) is 4.71. The van der Waals surface area contributed by atoms with E-state index in [-0.39, 0.29) is 5.57 Å². The summed E-state index contributed by atoms with van der Waals surface area (Å²) in [6.07, 6.45) is 1.56. The molecule has 3 rings (SSSR count). The molecule has 2 aromatic carbocycles. The highest BCUT2D eigenvalue weighted by atomic mass is 16.5. The Morgan fingerprint density at radius 2 is 1.78 bits per heavy atom. The standard InChI is InChI=1S/C25H23N3O4/c1-16-12-19(17(2)28(16)22-7-5-6-18(14-22)25(30)32-4)13-20(15-26)24(29)27-21-8-10-23(31-3)11-9-21/h5-14H,1-4H3,(H,27,29)/b20-13+. The molecular weight excluding hydrogens is 406 g/mol. The third-order valence-electron chi connectivity index (χ3n) is 5.01. The number of aromatic nitrogens is 1. The average molecular weight is 429 g/mol. The Morgan fingerprint density at radius 1 is 1.06 bits per heavy atom. The minimum atomic E-state index is -0.504. The van der Waals surface area contributed by atoms with E-state index in [1.807, 2.05) is 36.6 Å². The molecule has 0 saturated heterocycles. The third-order valence-corrected chi connectivity index (χ3v) is 5.01. The monoisotopic (exact) mass is 429 g/mol. The molecule has 0 unspecified atom stereocenters. The van der Waals surface area contributed by atoms with Gasteiger partial charge in [-0.15, -0.1) is 0 Å². The lowest BCUT2D eigenvalue weighted by atomic mass is 10.1. The van der Waals surface area contributed by atoms with Crippen LogP contribution in [0.2, 0.25) is 0 Å². The number of nitriles is 1. The fraction of sp³-hybridized carbons (Fsp3) is 0.160. The molecule has 0 radical (unpaired) electrons. The van der Waals surface area contributed by atoms with Gasteiger partial charge in [-0.25, -0.2) is 4.79 Å². The Morgan fingerprint density at radius 3 is 2.41 bits per heavy atom. The van der Waals surface area contributed by atoms with Gasteiger partial charge < -0.3 is 19.4 Å². The van der Waals surface area contributed by atoms with E-state index in [1.165, 1.54) is 7.11 Å². The molecule has 0 aliphatic rings. The quantitative estimate of drug-likeness (QED) is 0.355. The van der Waals surface area contributed by atoms with Crippen molar-refractivity contribution < 1.29 is 19.1 Å². The molecule has 7 heteroatoms. The summed E-state index contributed by atoms with van der Waals surface area (Å²) in [6, 6.07) is 17.8. The molecule has 1 N–H and O–H groups in total. The fourth-order valence-electron chi connectivity index (χ4n) is 3.40. The van der Waals surface area contributed by atoms with Crippen molar-refractivity contribution in [2.45, 2.75) is 13.8 Å². The van der Waals surface area contributed by atoms with Crippen molar-refractivity contribution in [2.75, 3.05) is 19.5 Å². The number of nitrogens with zero attached hydrogens (tertiary/aromatic N) is 2. The summed E-state index contributed by atoms with van der Waals surface area (Å²) in [7, 11) is 2.90. The molecule has 1 aromatic heterocycles. The van der Waals surface area contributed by atoms with Gasteiger partial charge >= 0.3 is 5.97 Å². The SMILES string of the molecule is COC(=O)c1cccc(-n2c(C)cc(/C=C(\C#N)C(=O)Nc3ccc(OC)cc3)c2C)c1. The second-order valence-electron chi connectivity index (χ2n) is 7.06. The molecule has 0 spiro atoms. The van der Waals surface area contributed by atoms with E-state index in [0.29, 0.717) is 17.0 Å². The molecule has 0 aliphatic heterocycles. The molecule has 162 valence electrons. The maximum absolute atomic E-state index is 12.6. The van der Waals surface area contributed by atoms with Crippen molar-refractivity contribution in [1.29, 1.82) is 5.26 Å². The number of amides is 1. The highest BCUT2D eigenvalue weighted by molar-refractivity contribution is 6.09. The van der Waals surface area contributed by atoms with Gasteiger partial charge in [0.05, 0.1) is 19.8 Å². The van der Waals surface area contributed by atoms with Gasteiger partial charge in [0, 0.05) is 22.8 Å². The first kappa shape index (κ1) is 22.4. The Bertz CT molecular complexity index is 1230. The topological polar surface area (TPSA) is 93.4 Å². The summed E-state index contributed by atoms with van der Waals surface area (Å²) in [5.74, 6) is -0.255. The van der Waals surface area contributed by atoms with Gasteiger partial charge in [0.15, 0.2) is 0 Å². The number of hydrogen-bond acceptors (Lipinski definition) is 5. The number of benzene rings is 2. The number of carbonyl (C=O) groups is 2. The summed E-state index contributed by atoms with van der Waals surface area (Å²) in [5, 5.41) is 12.3. The molecule has 1 amide bonds. The van der Waals surface area contributed by atoms with Crippen LogP contribution in [0.25, 0.3) is 11.8 Å². The Balaban J connectivity index is 1.91. The molecule has 0 fully saturated rings. The number of ether oxygens (including phenoxy) is 2. The van der Waals surface area contributed by atoms with Crippen LogP contribution in [0.4, 0.5) is 5.69 Å². The summed E-state index contributed by atoms with van der Waals surface area (Å²) in [6.45, 7) is 3.80. The van der Waals surface area contributed by atoms with E-state index in [9.17, 15) is 14.9 Å². The van der Waals surface area contributed by atoms with Gasteiger partial charge in [-0.3, -0.25) is 4.79 Å². The highest BCUT2D eigenvalue weighted by Gasteiger charge is 2.15.